The SMILES string of the molecule is CCC(C)(OC)c1noc([C@@H](N)[C@@H](C)O)n1. The molecule has 3 N–H and O–H groups in total. The summed E-state index contributed by atoms with van der Waals surface area (Å²) >= 11 is 0. The lowest BCUT2D eigenvalue weighted by molar-refractivity contribution is -0.0106. The first-order valence-corrected chi connectivity index (χ1v) is 5.27. The van der Waals surface area contributed by atoms with Gasteiger partial charge in [0, 0.05) is 7.11 Å². The van der Waals surface area contributed by atoms with Crippen molar-refractivity contribution >= 4 is 0 Å². The molecule has 0 amide bonds. The summed E-state index contributed by atoms with van der Waals surface area (Å²) in [5.74, 6) is 0.672. The van der Waals surface area contributed by atoms with Crippen molar-refractivity contribution in [3.63, 3.8) is 0 Å². The molecule has 1 rings (SSSR count). The molecule has 3 atom stereocenters. The zero-order valence-electron chi connectivity index (χ0n) is 10.1. The number of hydrogen-bond donors (Lipinski definition) is 2. The third-order valence-electron chi connectivity index (χ3n) is 2.84. The molecule has 1 aromatic rings. The number of ether oxygens (including phenoxy) is 1. The second-order valence-electron chi connectivity index (χ2n) is 4.01. The van der Waals surface area contributed by atoms with Crippen LogP contribution in [0.4, 0.5) is 0 Å². The van der Waals surface area contributed by atoms with Gasteiger partial charge in [0.25, 0.3) is 0 Å². The number of hydrogen-bond acceptors (Lipinski definition) is 6. The lowest BCUT2D eigenvalue weighted by Crippen LogP contribution is -2.26. The molecular weight excluding hydrogens is 210 g/mol. The van der Waals surface area contributed by atoms with E-state index in [9.17, 15) is 5.11 Å². The first-order chi connectivity index (χ1) is 7.44. The highest BCUT2D eigenvalue weighted by Crippen LogP contribution is 2.26. The van der Waals surface area contributed by atoms with E-state index in [-0.39, 0.29) is 5.89 Å². The molecule has 1 unspecified atom stereocenters. The molecule has 92 valence electrons. The molecule has 1 heterocycles. The second kappa shape index (κ2) is 4.90. The highest BCUT2D eigenvalue weighted by molar-refractivity contribution is 5.01. The van der Waals surface area contributed by atoms with Crippen molar-refractivity contribution in [2.24, 2.45) is 5.73 Å². The smallest absolute Gasteiger partial charge is 0.246 e. The molecule has 0 radical (unpaired) electrons. The average Bonchev–Trinajstić information content (AvgIpc) is 2.76. The molecule has 0 aliphatic rings. The van der Waals surface area contributed by atoms with Crippen LogP contribution in [-0.4, -0.2) is 28.5 Å². The molecule has 6 heteroatoms. The third kappa shape index (κ3) is 2.40. The summed E-state index contributed by atoms with van der Waals surface area (Å²) in [7, 11) is 1.59. The van der Waals surface area contributed by atoms with E-state index in [1.165, 1.54) is 0 Å². The lowest BCUT2D eigenvalue weighted by atomic mass is 10.0. The quantitative estimate of drug-likeness (QED) is 0.772. The van der Waals surface area contributed by atoms with Crippen LogP contribution in [0.15, 0.2) is 4.52 Å². The van der Waals surface area contributed by atoms with E-state index in [0.717, 1.165) is 0 Å². The van der Waals surface area contributed by atoms with E-state index in [0.29, 0.717) is 12.2 Å². The molecule has 6 nitrogen and oxygen atoms in total. The van der Waals surface area contributed by atoms with Crippen LogP contribution in [0.3, 0.4) is 0 Å². The van der Waals surface area contributed by atoms with Gasteiger partial charge in [-0.15, -0.1) is 0 Å². The van der Waals surface area contributed by atoms with Crippen LogP contribution in [0.5, 0.6) is 0 Å². The van der Waals surface area contributed by atoms with E-state index >= 15 is 0 Å². The molecule has 0 aromatic carbocycles. The van der Waals surface area contributed by atoms with Crippen molar-refractivity contribution < 1.29 is 14.4 Å². The fraction of sp³-hybridized carbons (Fsp3) is 0.800. The number of aliphatic hydroxyl groups is 1. The van der Waals surface area contributed by atoms with Gasteiger partial charge in [-0.3, -0.25) is 0 Å². The molecule has 16 heavy (non-hydrogen) atoms. The maximum absolute atomic E-state index is 9.32. The van der Waals surface area contributed by atoms with Gasteiger partial charge in [0.2, 0.25) is 11.7 Å². The molecule has 0 saturated heterocycles. The maximum atomic E-state index is 9.32. The minimum Gasteiger partial charge on any atom is -0.391 e. The summed E-state index contributed by atoms with van der Waals surface area (Å²) in [6, 6.07) is -0.667. The largest absolute Gasteiger partial charge is 0.391 e. The summed E-state index contributed by atoms with van der Waals surface area (Å²) in [6.45, 7) is 5.41. The zero-order valence-corrected chi connectivity index (χ0v) is 10.1. The van der Waals surface area contributed by atoms with Gasteiger partial charge in [-0.2, -0.15) is 4.98 Å². The van der Waals surface area contributed by atoms with Crippen LogP contribution in [0.25, 0.3) is 0 Å². The highest BCUT2D eigenvalue weighted by atomic mass is 16.5. The monoisotopic (exact) mass is 229 g/mol. The molecule has 1 aromatic heterocycles. The van der Waals surface area contributed by atoms with Crippen LogP contribution in [-0.2, 0) is 10.3 Å². The molecule has 0 aliphatic carbocycles. The molecule has 0 aliphatic heterocycles. The lowest BCUT2D eigenvalue weighted by Gasteiger charge is -2.21. The Bertz CT molecular complexity index is 334. The van der Waals surface area contributed by atoms with Crippen LogP contribution in [0, 0.1) is 0 Å². The van der Waals surface area contributed by atoms with E-state index in [1.54, 1.807) is 14.0 Å². The number of nitrogens with two attached hydrogens (primary N) is 1. The van der Waals surface area contributed by atoms with Gasteiger partial charge in [0.05, 0.1) is 6.10 Å². The summed E-state index contributed by atoms with van der Waals surface area (Å²) in [6.07, 6.45) is -0.0180. The minimum atomic E-state index is -0.733. The van der Waals surface area contributed by atoms with Gasteiger partial charge in [0.15, 0.2) is 0 Å². The summed E-state index contributed by atoms with van der Waals surface area (Å²) in [5.41, 5.74) is 5.11. The number of nitrogens with zero attached hydrogens (tertiary/aromatic N) is 2. The van der Waals surface area contributed by atoms with E-state index in [1.807, 2.05) is 13.8 Å². The fourth-order valence-corrected chi connectivity index (χ4v) is 1.19. The van der Waals surface area contributed by atoms with Gasteiger partial charge < -0.3 is 20.1 Å². The third-order valence-corrected chi connectivity index (χ3v) is 2.84. The molecule has 0 saturated carbocycles. The van der Waals surface area contributed by atoms with Crippen molar-refractivity contribution in [3.8, 4) is 0 Å². The van der Waals surface area contributed by atoms with E-state index in [2.05, 4.69) is 10.1 Å². The van der Waals surface area contributed by atoms with E-state index < -0.39 is 17.7 Å². The Hall–Kier alpha value is -0.980. The predicted octanol–water partition coefficient (Wildman–Crippen LogP) is 0.722. The first-order valence-electron chi connectivity index (χ1n) is 5.27. The van der Waals surface area contributed by atoms with Crippen LogP contribution in [0.2, 0.25) is 0 Å². The Balaban J connectivity index is 2.94. The average molecular weight is 229 g/mol. The second-order valence-corrected chi connectivity index (χ2v) is 4.01. The van der Waals surface area contributed by atoms with Crippen molar-refractivity contribution in [2.75, 3.05) is 7.11 Å². The Labute approximate surface area is 94.8 Å². The van der Waals surface area contributed by atoms with Gasteiger partial charge >= 0.3 is 0 Å². The topological polar surface area (TPSA) is 94.4 Å². The molecular formula is C10H19N3O3. The maximum Gasteiger partial charge on any atom is 0.246 e. The fourth-order valence-electron chi connectivity index (χ4n) is 1.19. The summed E-state index contributed by atoms with van der Waals surface area (Å²) in [4.78, 5) is 4.16. The van der Waals surface area contributed by atoms with Gasteiger partial charge in [0.1, 0.15) is 11.6 Å². The van der Waals surface area contributed by atoms with Crippen molar-refractivity contribution in [1.82, 2.24) is 10.1 Å². The zero-order chi connectivity index (χ0) is 12.3. The van der Waals surface area contributed by atoms with Crippen LogP contribution in [0.1, 0.15) is 44.9 Å². The Morgan fingerprint density at radius 1 is 1.62 bits per heavy atom. The number of aromatic nitrogens is 2. The highest BCUT2D eigenvalue weighted by Gasteiger charge is 2.31. The predicted molar refractivity (Wildman–Crippen MR) is 57.6 cm³/mol. The van der Waals surface area contributed by atoms with Crippen LogP contribution < -0.4 is 5.73 Å². The normalized spacial score (nSPS) is 19.1. The Morgan fingerprint density at radius 2 is 2.25 bits per heavy atom. The van der Waals surface area contributed by atoms with Gasteiger partial charge in [-0.25, -0.2) is 0 Å². The first kappa shape index (κ1) is 13.1. The van der Waals surface area contributed by atoms with Crippen molar-refractivity contribution in [2.45, 2.75) is 44.9 Å². The van der Waals surface area contributed by atoms with Gasteiger partial charge in [-0.05, 0) is 20.3 Å². The standard InChI is InChI=1S/C10H19N3O3/c1-5-10(3,15-4)9-12-8(16-13-9)7(11)6(2)14/h6-7,14H,5,11H2,1-4H3/t6-,7+,10?/m1/s1. The summed E-state index contributed by atoms with van der Waals surface area (Å²) in [5, 5.41) is 13.1. The van der Waals surface area contributed by atoms with Crippen molar-refractivity contribution in [1.29, 1.82) is 0 Å². The van der Waals surface area contributed by atoms with Crippen LogP contribution >= 0.6 is 0 Å². The number of aliphatic hydroxyl groups excluding tert-OH is 1. The molecule has 0 bridgehead atoms. The minimum absolute atomic E-state index is 0.224. The number of rotatable bonds is 5. The molecule has 0 fully saturated rings. The molecule has 0 spiro atoms. The summed E-state index contributed by atoms with van der Waals surface area (Å²) < 4.78 is 10.3. The van der Waals surface area contributed by atoms with Gasteiger partial charge in [-0.1, -0.05) is 12.1 Å². The van der Waals surface area contributed by atoms with E-state index in [4.69, 9.17) is 15.0 Å². The van der Waals surface area contributed by atoms with Crippen molar-refractivity contribution in [3.05, 3.63) is 11.7 Å². The number of methoxy groups -OCH3 is 1. The Kier molecular flexibility index (Phi) is 4.01. The Morgan fingerprint density at radius 3 is 2.69 bits per heavy atom.